The molecule has 2 heterocycles. The van der Waals surface area contributed by atoms with Crippen LogP contribution in [-0.4, -0.2) is 28.1 Å². The number of nitrogens with zero attached hydrogens (tertiary/aromatic N) is 2. The maximum atomic E-state index is 13.7. The number of hydrogen-bond acceptors (Lipinski definition) is 4. The molecule has 1 atom stereocenters. The van der Waals surface area contributed by atoms with Gasteiger partial charge in [-0.15, -0.1) is 0 Å². The number of halogens is 1. The zero-order valence-corrected chi connectivity index (χ0v) is 20.3. The van der Waals surface area contributed by atoms with Crippen LogP contribution in [0.3, 0.4) is 0 Å². The first-order valence-corrected chi connectivity index (χ1v) is 11.5. The average molecular weight is 499 g/mol. The van der Waals surface area contributed by atoms with Gasteiger partial charge in [0.25, 0.3) is 5.91 Å². The van der Waals surface area contributed by atoms with Crippen molar-refractivity contribution in [1.29, 1.82) is 0 Å². The first kappa shape index (κ1) is 22.6. The number of amides is 1. The molecule has 32 heavy (non-hydrogen) atoms. The van der Waals surface area contributed by atoms with Crippen molar-refractivity contribution < 1.29 is 19.2 Å². The number of hydrogen-bond donors (Lipinski definition) is 0. The molecule has 0 N–H and O–H groups in total. The molecule has 0 fully saturated rings. The summed E-state index contributed by atoms with van der Waals surface area (Å²) in [6, 6.07) is 15.1. The van der Waals surface area contributed by atoms with Crippen molar-refractivity contribution in [1.82, 2.24) is 9.63 Å². The normalized spacial score (nSPS) is 17.5. The molecular weight excluding hydrogens is 472 g/mol. The fourth-order valence-corrected chi connectivity index (χ4v) is 4.90. The number of ether oxygens (including phenoxy) is 1. The summed E-state index contributed by atoms with van der Waals surface area (Å²) in [7, 11) is 1.97. The number of esters is 1. The Labute approximate surface area is 196 Å². The third-order valence-corrected chi connectivity index (χ3v) is 6.54. The highest BCUT2D eigenvalue weighted by atomic mass is 79.9. The summed E-state index contributed by atoms with van der Waals surface area (Å²) in [6.07, 6.45) is 0.0166. The first-order valence-electron chi connectivity index (χ1n) is 10.7. The van der Waals surface area contributed by atoms with E-state index in [4.69, 9.17) is 9.57 Å². The molecule has 0 radical (unpaired) electrons. The van der Waals surface area contributed by atoms with E-state index in [2.05, 4.69) is 20.5 Å². The van der Waals surface area contributed by atoms with Crippen LogP contribution in [0.25, 0.3) is 10.9 Å². The molecule has 6 nitrogen and oxygen atoms in total. The predicted molar refractivity (Wildman–Crippen MR) is 126 cm³/mol. The van der Waals surface area contributed by atoms with Crippen molar-refractivity contribution in [2.24, 2.45) is 7.05 Å². The maximum absolute atomic E-state index is 13.7. The van der Waals surface area contributed by atoms with E-state index in [-0.39, 0.29) is 31.5 Å². The molecule has 168 valence electrons. The summed E-state index contributed by atoms with van der Waals surface area (Å²) in [5, 5.41) is 2.38. The number of rotatable bonds is 6. The second-order valence-corrected chi connectivity index (χ2v) is 9.44. The van der Waals surface area contributed by atoms with Crippen LogP contribution in [-0.2, 0) is 38.2 Å². The van der Waals surface area contributed by atoms with Crippen LogP contribution in [0.4, 0.5) is 0 Å². The summed E-state index contributed by atoms with van der Waals surface area (Å²) in [6.45, 7) is 6.11. The number of fused-ring (bicyclic) bond motifs is 3. The number of aromatic nitrogens is 1. The van der Waals surface area contributed by atoms with Gasteiger partial charge in [-0.1, -0.05) is 46.3 Å². The SMILES string of the molecule is CCOC(=O)C[C@@H]1c2c(c3cc(Br)ccc3n2C)C(C)(C)C(=O)N1OCc1ccccc1. The van der Waals surface area contributed by atoms with Gasteiger partial charge < -0.3 is 9.30 Å². The van der Waals surface area contributed by atoms with E-state index >= 15 is 0 Å². The minimum Gasteiger partial charge on any atom is -0.466 e. The monoisotopic (exact) mass is 498 g/mol. The summed E-state index contributed by atoms with van der Waals surface area (Å²) in [5.41, 5.74) is 2.92. The maximum Gasteiger partial charge on any atom is 0.308 e. The minimum atomic E-state index is -0.836. The van der Waals surface area contributed by atoms with E-state index in [9.17, 15) is 9.59 Å². The van der Waals surface area contributed by atoms with Gasteiger partial charge in [-0.05, 0) is 50.1 Å². The van der Waals surface area contributed by atoms with Gasteiger partial charge in [0.2, 0.25) is 0 Å². The number of carbonyl (C=O) groups excluding carboxylic acids is 2. The lowest BCUT2D eigenvalue weighted by molar-refractivity contribution is -0.218. The fourth-order valence-electron chi connectivity index (χ4n) is 4.54. The van der Waals surface area contributed by atoms with E-state index in [1.54, 1.807) is 6.92 Å². The third kappa shape index (κ3) is 3.84. The lowest BCUT2D eigenvalue weighted by atomic mass is 9.77. The summed E-state index contributed by atoms with van der Waals surface area (Å²) in [4.78, 5) is 32.4. The Morgan fingerprint density at radius 1 is 1.16 bits per heavy atom. The van der Waals surface area contributed by atoms with Crippen molar-refractivity contribution in [2.45, 2.75) is 45.3 Å². The van der Waals surface area contributed by atoms with E-state index in [1.807, 2.05) is 69.4 Å². The molecule has 1 aromatic heterocycles. The second-order valence-electron chi connectivity index (χ2n) is 8.52. The standard InChI is InChI=1S/C25H27BrN2O4/c1-5-31-21(29)14-20-23-22(18-13-17(26)11-12-19(18)27(23)4)25(2,3)24(30)28(20)32-15-16-9-7-6-8-10-16/h6-13,20H,5,14-15H2,1-4H3/t20-/m1/s1. The smallest absolute Gasteiger partial charge is 0.308 e. The summed E-state index contributed by atoms with van der Waals surface area (Å²) in [5.74, 6) is -0.543. The molecule has 3 aromatic rings. The minimum absolute atomic E-state index is 0.0166. The van der Waals surface area contributed by atoms with Gasteiger partial charge in [0.1, 0.15) is 12.6 Å². The zero-order chi connectivity index (χ0) is 23.0. The third-order valence-electron chi connectivity index (χ3n) is 6.04. The van der Waals surface area contributed by atoms with Crippen LogP contribution in [0, 0.1) is 0 Å². The zero-order valence-electron chi connectivity index (χ0n) is 18.7. The molecule has 0 unspecified atom stereocenters. The van der Waals surface area contributed by atoms with Gasteiger partial charge in [0.15, 0.2) is 0 Å². The molecule has 1 amide bonds. The number of aryl methyl sites for hydroxylation is 1. The van der Waals surface area contributed by atoms with Crippen molar-refractivity contribution in [2.75, 3.05) is 6.61 Å². The van der Waals surface area contributed by atoms with Crippen LogP contribution >= 0.6 is 15.9 Å². The molecule has 1 aliphatic heterocycles. The van der Waals surface area contributed by atoms with E-state index in [0.717, 1.165) is 32.2 Å². The highest BCUT2D eigenvalue weighted by Gasteiger charge is 2.49. The quantitative estimate of drug-likeness (QED) is 0.439. The Balaban J connectivity index is 1.85. The average Bonchev–Trinajstić information content (AvgIpc) is 3.05. The van der Waals surface area contributed by atoms with Crippen LogP contribution in [0.1, 0.15) is 50.1 Å². The Morgan fingerprint density at radius 2 is 1.88 bits per heavy atom. The molecule has 0 saturated carbocycles. The Morgan fingerprint density at radius 3 is 2.56 bits per heavy atom. The van der Waals surface area contributed by atoms with Crippen molar-refractivity contribution in [3.63, 3.8) is 0 Å². The van der Waals surface area contributed by atoms with Gasteiger partial charge in [-0.25, -0.2) is 5.06 Å². The van der Waals surface area contributed by atoms with Crippen LogP contribution < -0.4 is 0 Å². The number of hydroxylamine groups is 2. The molecule has 0 spiro atoms. The summed E-state index contributed by atoms with van der Waals surface area (Å²) < 4.78 is 8.24. The van der Waals surface area contributed by atoms with Crippen molar-refractivity contribution in [3.8, 4) is 0 Å². The predicted octanol–water partition coefficient (Wildman–Crippen LogP) is 5.19. The Kier molecular flexibility index (Phi) is 6.14. The van der Waals surface area contributed by atoms with Gasteiger partial charge in [-0.2, -0.15) is 0 Å². The molecule has 0 saturated heterocycles. The highest BCUT2D eigenvalue weighted by molar-refractivity contribution is 9.10. The first-order chi connectivity index (χ1) is 15.3. The molecule has 0 aliphatic carbocycles. The van der Waals surface area contributed by atoms with Crippen LogP contribution in [0.5, 0.6) is 0 Å². The Bertz CT molecular complexity index is 1170. The van der Waals surface area contributed by atoms with Crippen molar-refractivity contribution in [3.05, 3.63) is 69.8 Å². The topological polar surface area (TPSA) is 60.8 Å². The fraction of sp³-hybridized carbons (Fsp3) is 0.360. The van der Waals surface area contributed by atoms with E-state index < -0.39 is 11.5 Å². The lowest BCUT2D eigenvalue weighted by Gasteiger charge is -2.42. The number of carbonyl (C=O) groups is 2. The Hall–Kier alpha value is -2.64. The molecule has 7 heteroatoms. The van der Waals surface area contributed by atoms with Gasteiger partial charge >= 0.3 is 5.97 Å². The molecule has 4 rings (SSSR count). The largest absolute Gasteiger partial charge is 0.466 e. The molecule has 2 aromatic carbocycles. The summed E-state index contributed by atoms with van der Waals surface area (Å²) >= 11 is 3.56. The molecular formula is C25H27BrN2O4. The van der Waals surface area contributed by atoms with E-state index in [0.29, 0.717) is 0 Å². The molecule has 0 bridgehead atoms. The van der Waals surface area contributed by atoms with E-state index in [1.165, 1.54) is 5.06 Å². The lowest BCUT2D eigenvalue weighted by Crippen LogP contribution is -2.50. The highest BCUT2D eigenvalue weighted by Crippen LogP contribution is 2.47. The van der Waals surface area contributed by atoms with Gasteiger partial charge in [0.05, 0.1) is 18.4 Å². The van der Waals surface area contributed by atoms with Gasteiger partial charge in [0, 0.05) is 28.1 Å². The van der Waals surface area contributed by atoms with Crippen molar-refractivity contribution >= 4 is 38.7 Å². The molecule has 1 aliphatic rings. The number of benzene rings is 2. The van der Waals surface area contributed by atoms with Crippen LogP contribution in [0.2, 0.25) is 0 Å². The van der Waals surface area contributed by atoms with Crippen LogP contribution in [0.15, 0.2) is 53.0 Å². The van der Waals surface area contributed by atoms with Gasteiger partial charge in [-0.3, -0.25) is 14.4 Å². The second kappa shape index (κ2) is 8.71.